The molecule has 5 heteroatoms. The van der Waals surface area contributed by atoms with Gasteiger partial charge < -0.3 is 14.8 Å². The molecule has 5 nitrogen and oxygen atoms in total. The van der Waals surface area contributed by atoms with Crippen molar-refractivity contribution < 1.29 is 4.79 Å². The summed E-state index contributed by atoms with van der Waals surface area (Å²) < 4.78 is 1.66. The number of carbonyl (C=O) groups excluding carboxylic acids is 1. The Morgan fingerprint density at radius 1 is 1.20 bits per heavy atom. The van der Waals surface area contributed by atoms with Gasteiger partial charge in [-0.25, -0.2) is 4.79 Å². The fourth-order valence-corrected chi connectivity index (χ4v) is 2.84. The molecule has 0 radical (unpaired) electrons. The van der Waals surface area contributed by atoms with Crippen molar-refractivity contribution >= 4 is 11.7 Å². The predicted octanol–water partition coefficient (Wildman–Crippen LogP) is 3.55. The average molecular weight is 339 g/mol. The number of amides is 2. The van der Waals surface area contributed by atoms with Gasteiger partial charge in [-0.05, 0) is 48.9 Å². The van der Waals surface area contributed by atoms with Gasteiger partial charge in [0.1, 0.15) is 0 Å². The maximum Gasteiger partial charge on any atom is 0.321 e. The van der Waals surface area contributed by atoms with Crippen LogP contribution in [0.2, 0.25) is 0 Å². The number of hydrogen-bond donors (Lipinski definition) is 1. The van der Waals surface area contributed by atoms with Crippen LogP contribution in [-0.4, -0.2) is 28.6 Å². The van der Waals surface area contributed by atoms with E-state index in [0.29, 0.717) is 12.5 Å². The average Bonchev–Trinajstić information content (AvgIpc) is 3.42. The number of hydrogen-bond acceptors (Lipinski definition) is 2. The quantitative estimate of drug-likeness (QED) is 0.839. The van der Waals surface area contributed by atoms with Crippen LogP contribution in [0.4, 0.5) is 10.5 Å². The van der Waals surface area contributed by atoms with E-state index in [-0.39, 0.29) is 11.6 Å². The van der Waals surface area contributed by atoms with Crippen molar-refractivity contribution in [3.05, 3.63) is 64.6 Å². The summed E-state index contributed by atoms with van der Waals surface area (Å²) in [6, 6.07) is 12.8. The van der Waals surface area contributed by atoms with Gasteiger partial charge in [-0.3, -0.25) is 4.79 Å². The summed E-state index contributed by atoms with van der Waals surface area (Å²) in [5.41, 5.74) is 1.79. The molecule has 1 aliphatic rings. The molecule has 132 valence electrons. The zero-order chi connectivity index (χ0) is 17.6. The highest BCUT2D eigenvalue weighted by Crippen LogP contribution is 2.30. The maximum atomic E-state index is 12.5. The van der Waals surface area contributed by atoms with Crippen LogP contribution in [0.5, 0.6) is 0 Å². The highest BCUT2D eigenvalue weighted by atomic mass is 16.2. The van der Waals surface area contributed by atoms with Gasteiger partial charge in [0.25, 0.3) is 5.56 Å². The summed E-state index contributed by atoms with van der Waals surface area (Å²) in [5.74, 6) is 0.684. The number of rotatable bonds is 7. The van der Waals surface area contributed by atoms with Crippen LogP contribution >= 0.6 is 0 Å². The summed E-state index contributed by atoms with van der Waals surface area (Å²) >= 11 is 0. The zero-order valence-electron chi connectivity index (χ0n) is 14.6. The molecule has 25 heavy (non-hydrogen) atoms. The lowest BCUT2D eigenvalue weighted by Crippen LogP contribution is -2.37. The van der Waals surface area contributed by atoms with Crippen LogP contribution in [0.1, 0.15) is 31.7 Å². The Hall–Kier alpha value is -2.56. The molecule has 1 aromatic carbocycles. The molecule has 1 aliphatic carbocycles. The first-order valence-electron chi connectivity index (χ1n) is 8.96. The lowest BCUT2D eigenvalue weighted by atomic mass is 10.2. The van der Waals surface area contributed by atoms with Crippen LogP contribution in [0, 0.1) is 5.92 Å². The highest BCUT2D eigenvalue weighted by molar-refractivity contribution is 5.89. The van der Waals surface area contributed by atoms with Gasteiger partial charge in [-0.2, -0.15) is 0 Å². The van der Waals surface area contributed by atoms with Crippen molar-refractivity contribution in [1.29, 1.82) is 0 Å². The predicted molar refractivity (Wildman–Crippen MR) is 99.9 cm³/mol. The third kappa shape index (κ3) is 4.95. The second kappa shape index (κ2) is 8.01. The summed E-state index contributed by atoms with van der Waals surface area (Å²) in [7, 11) is 0. The Bertz CT molecular complexity index is 763. The van der Waals surface area contributed by atoms with Crippen LogP contribution in [0.3, 0.4) is 0 Å². The Labute approximate surface area is 148 Å². The topological polar surface area (TPSA) is 54.3 Å². The van der Waals surface area contributed by atoms with E-state index in [0.717, 1.165) is 30.8 Å². The second-order valence-corrected chi connectivity index (χ2v) is 6.68. The van der Waals surface area contributed by atoms with Crippen LogP contribution in [0.25, 0.3) is 0 Å². The maximum absolute atomic E-state index is 12.5. The van der Waals surface area contributed by atoms with Crippen molar-refractivity contribution in [1.82, 2.24) is 9.47 Å². The van der Waals surface area contributed by atoms with Gasteiger partial charge in [0.2, 0.25) is 0 Å². The van der Waals surface area contributed by atoms with Crippen molar-refractivity contribution in [3.8, 4) is 0 Å². The molecule has 0 aliphatic heterocycles. The lowest BCUT2D eigenvalue weighted by Gasteiger charge is -2.22. The third-order valence-corrected chi connectivity index (χ3v) is 4.41. The summed E-state index contributed by atoms with van der Waals surface area (Å²) in [6.07, 6.45) is 5.21. The van der Waals surface area contributed by atoms with Crippen molar-refractivity contribution in [2.24, 2.45) is 5.92 Å². The second-order valence-electron chi connectivity index (χ2n) is 6.68. The van der Waals surface area contributed by atoms with E-state index in [1.165, 1.54) is 12.8 Å². The SMILES string of the molecule is CCCN(CC1CC1)C(=O)Nc1ccc(Cn2ccccc2=O)cc1. The minimum absolute atomic E-state index is 0.0184. The number of aromatic nitrogens is 1. The molecule has 1 saturated carbocycles. The van der Waals surface area contributed by atoms with Gasteiger partial charge in [-0.1, -0.05) is 25.1 Å². The molecule has 1 aromatic heterocycles. The molecular weight excluding hydrogens is 314 g/mol. The molecule has 0 saturated heterocycles. The van der Waals surface area contributed by atoms with Crippen LogP contribution in [-0.2, 0) is 6.54 Å². The van der Waals surface area contributed by atoms with E-state index in [1.807, 2.05) is 35.2 Å². The van der Waals surface area contributed by atoms with Crippen molar-refractivity contribution in [2.45, 2.75) is 32.7 Å². The van der Waals surface area contributed by atoms with E-state index in [1.54, 1.807) is 22.9 Å². The number of carbonyl (C=O) groups is 1. The number of nitrogens with zero attached hydrogens (tertiary/aromatic N) is 2. The standard InChI is InChI=1S/C20H25N3O2/c1-2-12-23(15-16-6-7-16)20(25)21-18-10-8-17(9-11-18)14-22-13-4-3-5-19(22)24/h3-5,8-11,13,16H,2,6-7,12,14-15H2,1H3,(H,21,25). The minimum Gasteiger partial charge on any atom is -0.324 e. The normalized spacial score (nSPS) is 13.5. The Morgan fingerprint density at radius 2 is 1.96 bits per heavy atom. The first-order valence-corrected chi connectivity index (χ1v) is 8.96. The number of nitrogens with one attached hydrogen (secondary N) is 1. The first kappa shape index (κ1) is 17.3. The highest BCUT2D eigenvalue weighted by Gasteiger charge is 2.26. The molecule has 0 atom stereocenters. The Kier molecular flexibility index (Phi) is 5.53. The number of pyridine rings is 1. The smallest absolute Gasteiger partial charge is 0.321 e. The van der Waals surface area contributed by atoms with Gasteiger partial charge >= 0.3 is 6.03 Å². The minimum atomic E-state index is -0.0271. The first-order chi connectivity index (χ1) is 12.2. The molecule has 3 rings (SSSR count). The molecule has 0 spiro atoms. The summed E-state index contributed by atoms with van der Waals surface area (Å²) in [5, 5.41) is 2.98. The fourth-order valence-electron chi connectivity index (χ4n) is 2.84. The third-order valence-electron chi connectivity index (χ3n) is 4.41. The van der Waals surface area contributed by atoms with Crippen molar-refractivity contribution in [3.63, 3.8) is 0 Å². The molecular formula is C20H25N3O2. The van der Waals surface area contributed by atoms with Crippen molar-refractivity contribution in [2.75, 3.05) is 18.4 Å². The molecule has 1 fully saturated rings. The molecule has 0 unspecified atom stereocenters. The van der Waals surface area contributed by atoms with E-state index in [2.05, 4.69) is 12.2 Å². The molecule has 1 heterocycles. The fraction of sp³-hybridized carbons (Fsp3) is 0.400. The van der Waals surface area contributed by atoms with E-state index in [9.17, 15) is 9.59 Å². The zero-order valence-corrected chi connectivity index (χ0v) is 14.6. The summed E-state index contributed by atoms with van der Waals surface area (Å²) in [4.78, 5) is 26.1. The monoisotopic (exact) mass is 339 g/mol. The largest absolute Gasteiger partial charge is 0.324 e. The van der Waals surface area contributed by atoms with Gasteiger partial charge in [0, 0.05) is 31.0 Å². The van der Waals surface area contributed by atoms with E-state index >= 15 is 0 Å². The van der Waals surface area contributed by atoms with E-state index in [4.69, 9.17) is 0 Å². The molecule has 2 aromatic rings. The van der Waals surface area contributed by atoms with Gasteiger partial charge in [0.15, 0.2) is 0 Å². The van der Waals surface area contributed by atoms with Crippen LogP contribution in [0.15, 0.2) is 53.5 Å². The lowest BCUT2D eigenvalue weighted by molar-refractivity contribution is 0.209. The molecule has 1 N–H and O–H groups in total. The Morgan fingerprint density at radius 3 is 2.60 bits per heavy atom. The number of urea groups is 1. The van der Waals surface area contributed by atoms with E-state index < -0.39 is 0 Å². The molecule has 0 bridgehead atoms. The van der Waals surface area contributed by atoms with Crippen LogP contribution < -0.4 is 10.9 Å². The molecule has 2 amide bonds. The van der Waals surface area contributed by atoms with Gasteiger partial charge in [0.05, 0.1) is 6.54 Å². The number of benzene rings is 1. The summed E-state index contributed by atoms with van der Waals surface area (Å²) in [6.45, 7) is 4.26. The number of anilines is 1. The Balaban J connectivity index is 1.60. The van der Waals surface area contributed by atoms with Gasteiger partial charge in [-0.15, -0.1) is 0 Å².